The fourth-order valence-corrected chi connectivity index (χ4v) is 3.21. The number of aryl methyl sites for hydroxylation is 1. The number of amides is 1. The van der Waals surface area contributed by atoms with Crippen molar-refractivity contribution in [1.82, 2.24) is 15.3 Å². The number of hydrogen-bond donors (Lipinski definition) is 2. The fraction of sp³-hybridized carbons (Fsp3) is 0.421. The predicted octanol–water partition coefficient (Wildman–Crippen LogP) is 1.70. The monoisotopic (exact) mass is 358 g/mol. The average Bonchev–Trinajstić information content (AvgIpc) is 2.67. The van der Waals surface area contributed by atoms with Crippen LogP contribution in [0.5, 0.6) is 0 Å². The van der Waals surface area contributed by atoms with Gasteiger partial charge < -0.3 is 15.3 Å². The smallest absolute Gasteiger partial charge is 0.220 e. The van der Waals surface area contributed by atoms with E-state index in [0.29, 0.717) is 24.9 Å². The Bertz CT molecular complexity index is 743. The third-order valence-electron chi connectivity index (χ3n) is 4.62. The van der Waals surface area contributed by atoms with Gasteiger partial charge in [-0.3, -0.25) is 9.78 Å². The van der Waals surface area contributed by atoms with Crippen LogP contribution >= 0.6 is 0 Å². The second-order valence-corrected chi connectivity index (χ2v) is 6.68. The van der Waals surface area contributed by atoms with Crippen molar-refractivity contribution in [3.05, 3.63) is 54.2 Å². The van der Waals surface area contributed by atoms with Gasteiger partial charge in [0.05, 0.1) is 11.8 Å². The van der Waals surface area contributed by atoms with Gasteiger partial charge in [0.2, 0.25) is 5.91 Å². The van der Waals surface area contributed by atoms with Gasteiger partial charge in [-0.25, -0.2) is 9.37 Å². The molecule has 7 heteroatoms. The highest BCUT2D eigenvalue weighted by molar-refractivity contribution is 5.76. The van der Waals surface area contributed by atoms with Gasteiger partial charge in [-0.15, -0.1) is 0 Å². The SMILES string of the molecule is O=C(CCc1ccccc1F)NC[C@@]1(O)CCCN(c2cnccn2)C1. The number of nitrogens with zero attached hydrogens (tertiary/aromatic N) is 3. The Morgan fingerprint density at radius 2 is 2.19 bits per heavy atom. The number of rotatable bonds is 6. The molecule has 0 saturated carbocycles. The van der Waals surface area contributed by atoms with Crippen LogP contribution in [0.15, 0.2) is 42.9 Å². The molecule has 2 aromatic rings. The van der Waals surface area contributed by atoms with Gasteiger partial charge >= 0.3 is 0 Å². The lowest BCUT2D eigenvalue weighted by Gasteiger charge is -2.39. The van der Waals surface area contributed by atoms with Crippen LogP contribution in [0.1, 0.15) is 24.8 Å². The number of anilines is 1. The van der Waals surface area contributed by atoms with Gasteiger partial charge in [0, 0.05) is 38.4 Å². The van der Waals surface area contributed by atoms with Gasteiger partial charge in [0.15, 0.2) is 0 Å². The van der Waals surface area contributed by atoms with Crippen LogP contribution in [0.3, 0.4) is 0 Å². The minimum atomic E-state index is -1.01. The molecular formula is C19H23FN4O2. The molecule has 1 fully saturated rings. The van der Waals surface area contributed by atoms with Crippen LogP contribution in [0, 0.1) is 5.82 Å². The van der Waals surface area contributed by atoms with E-state index < -0.39 is 5.60 Å². The number of aliphatic hydroxyl groups is 1. The second-order valence-electron chi connectivity index (χ2n) is 6.68. The van der Waals surface area contributed by atoms with E-state index in [0.717, 1.165) is 18.8 Å². The van der Waals surface area contributed by atoms with Crippen LogP contribution in [0.25, 0.3) is 0 Å². The molecule has 1 amide bonds. The van der Waals surface area contributed by atoms with Crippen molar-refractivity contribution in [2.45, 2.75) is 31.3 Å². The Labute approximate surface area is 152 Å². The van der Waals surface area contributed by atoms with Crippen molar-refractivity contribution in [3.8, 4) is 0 Å². The second kappa shape index (κ2) is 8.23. The molecule has 1 atom stereocenters. The van der Waals surface area contributed by atoms with E-state index in [9.17, 15) is 14.3 Å². The predicted molar refractivity (Wildman–Crippen MR) is 96.2 cm³/mol. The van der Waals surface area contributed by atoms with Gasteiger partial charge in [-0.05, 0) is 30.9 Å². The van der Waals surface area contributed by atoms with Crippen LogP contribution in [0.4, 0.5) is 10.2 Å². The van der Waals surface area contributed by atoms with E-state index in [2.05, 4.69) is 15.3 Å². The maximum Gasteiger partial charge on any atom is 0.220 e. The van der Waals surface area contributed by atoms with E-state index in [1.807, 2.05) is 4.90 Å². The molecule has 0 spiro atoms. The van der Waals surface area contributed by atoms with E-state index in [-0.39, 0.29) is 24.7 Å². The van der Waals surface area contributed by atoms with Gasteiger partial charge in [-0.1, -0.05) is 18.2 Å². The van der Waals surface area contributed by atoms with E-state index in [1.54, 1.807) is 36.8 Å². The lowest BCUT2D eigenvalue weighted by Crippen LogP contribution is -2.54. The largest absolute Gasteiger partial charge is 0.386 e. The highest BCUT2D eigenvalue weighted by Gasteiger charge is 2.34. The maximum atomic E-state index is 13.6. The highest BCUT2D eigenvalue weighted by atomic mass is 19.1. The summed E-state index contributed by atoms with van der Waals surface area (Å²) in [6, 6.07) is 6.44. The van der Waals surface area contributed by atoms with E-state index in [4.69, 9.17) is 0 Å². The standard InChI is InChI=1S/C19H23FN4O2/c20-16-5-2-1-4-15(16)6-7-18(25)23-13-19(26)8-3-11-24(14-19)17-12-21-9-10-22-17/h1-2,4-5,9-10,12,26H,3,6-8,11,13-14H2,(H,23,25)/t19-/m0/s1. The number of β-amino-alcohol motifs (C(OH)–C–C–N with tert-alkyl or cyclic N) is 1. The Balaban J connectivity index is 1.50. The van der Waals surface area contributed by atoms with Gasteiger partial charge in [0.25, 0.3) is 0 Å². The van der Waals surface area contributed by atoms with Crippen molar-refractivity contribution in [2.75, 3.05) is 24.5 Å². The molecule has 0 unspecified atom stereocenters. The van der Waals surface area contributed by atoms with Gasteiger partial charge in [-0.2, -0.15) is 0 Å². The van der Waals surface area contributed by atoms with Crippen LogP contribution in [-0.4, -0.2) is 46.2 Å². The molecule has 1 aromatic carbocycles. The molecule has 1 aliphatic rings. The number of piperidine rings is 1. The molecule has 1 aliphatic heterocycles. The highest BCUT2D eigenvalue weighted by Crippen LogP contribution is 2.24. The van der Waals surface area contributed by atoms with E-state index in [1.165, 1.54) is 6.07 Å². The Morgan fingerprint density at radius 1 is 1.35 bits per heavy atom. The number of aromatic nitrogens is 2. The zero-order chi connectivity index (χ0) is 18.4. The zero-order valence-corrected chi connectivity index (χ0v) is 14.6. The number of hydrogen-bond acceptors (Lipinski definition) is 5. The van der Waals surface area contributed by atoms with Crippen molar-refractivity contribution >= 4 is 11.7 Å². The maximum absolute atomic E-state index is 13.6. The van der Waals surface area contributed by atoms with Crippen molar-refractivity contribution in [1.29, 1.82) is 0 Å². The molecule has 138 valence electrons. The van der Waals surface area contributed by atoms with Crippen molar-refractivity contribution in [2.24, 2.45) is 0 Å². The molecule has 3 rings (SSSR count). The fourth-order valence-electron chi connectivity index (χ4n) is 3.21. The molecule has 2 N–H and O–H groups in total. The molecular weight excluding hydrogens is 335 g/mol. The molecule has 0 radical (unpaired) electrons. The number of carbonyl (C=O) groups is 1. The summed E-state index contributed by atoms with van der Waals surface area (Å²) in [5.41, 5.74) is -0.489. The summed E-state index contributed by atoms with van der Waals surface area (Å²) in [4.78, 5) is 22.4. The molecule has 6 nitrogen and oxygen atoms in total. The first kappa shape index (κ1) is 18.3. The summed E-state index contributed by atoms with van der Waals surface area (Å²) in [7, 11) is 0. The van der Waals surface area contributed by atoms with Gasteiger partial charge in [0.1, 0.15) is 11.6 Å². The Hall–Kier alpha value is -2.54. The van der Waals surface area contributed by atoms with Crippen LogP contribution in [0.2, 0.25) is 0 Å². The summed E-state index contributed by atoms with van der Waals surface area (Å²) in [5, 5.41) is 13.6. The quantitative estimate of drug-likeness (QED) is 0.822. The third kappa shape index (κ3) is 4.76. The molecule has 2 heterocycles. The molecule has 26 heavy (non-hydrogen) atoms. The molecule has 0 aliphatic carbocycles. The summed E-state index contributed by atoms with van der Waals surface area (Å²) < 4.78 is 13.6. The molecule has 1 saturated heterocycles. The lowest BCUT2D eigenvalue weighted by molar-refractivity contribution is -0.122. The number of carbonyl (C=O) groups excluding carboxylic acids is 1. The van der Waals surface area contributed by atoms with Crippen LogP contribution in [-0.2, 0) is 11.2 Å². The first-order valence-electron chi connectivity index (χ1n) is 8.79. The van der Waals surface area contributed by atoms with Crippen molar-refractivity contribution < 1.29 is 14.3 Å². The summed E-state index contributed by atoms with van der Waals surface area (Å²) in [6.07, 6.45) is 6.82. The Morgan fingerprint density at radius 3 is 2.96 bits per heavy atom. The summed E-state index contributed by atoms with van der Waals surface area (Å²) in [5.74, 6) is 0.223. The average molecular weight is 358 g/mol. The Kier molecular flexibility index (Phi) is 5.78. The van der Waals surface area contributed by atoms with Crippen LogP contribution < -0.4 is 10.2 Å². The number of benzene rings is 1. The topological polar surface area (TPSA) is 78.4 Å². The zero-order valence-electron chi connectivity index (χ0n) is 14.6. The first-order chi connectivity index (χ1) is 12.6. The molecule has 1 aromatic heterocycles. The minimum Gasteiger partial charge on any atom is -0.386 e. The van der Waals surface area contributed by atoms with E-state index >= 15 is 0 Å². The normalized spacial score (nSPS) is 20.0. The minimum absolute atomic E-state index is 0.167. The lowest BCUT2D eigenvalue weighted by atomic mass is 9.92. The first-order valence-corrected chi connectivity index (χ1v) is 8.79. The summed E-state index contributed by atoms with van der Waals surface area (Å²) >= 11 is 0. The van der Waals surface area contributed by atoms with Crippen molar-refractivity contribution in [3.63, 3.8) is 0 Å². The summed E-state index contributed by atoms with van der Waals surface area (Å²) in [6.45, 7) is 1.35. The molecule has 0 bridgehead atoms. The number of halogens is 1. The number of nitrogens with one attached hydrogen (secondary N) is 1. The third-order valence-corrected chi connectivity index (χ3v) is 4.62.